The molecule has 0 atom stereocenters. The highest BCUT2D eigenvalue weighted by Crippen LogP contribution is 2.32. The number of guanidine groups is 1. The molecule has 25 heavy (non-hydrogen) atoms. The summed E-state index contributed by atoms with van der Waals surface area (Å²) in [5, 5.41) is 3.42. The number of nitrogens with zero attached hydrogens (tertiary/aromatic N) is 3. The minimum Gasteiger partial charge on any atom is -0.378 e. The van der Waals surface area contributed by atoms with Gasteiger partial charge in [-0.2, -0.15) is 0 Å². The molecule has 2 heterocycles. The minimum atomic E-state index is 0. The van der Waals surface area contributed by atoms with Crippen LogP contribution in [0, 0.1) is 11.8 Å². The highest BCUT2D eigenvalue weighted by molar-refractivity contribution is 14.0. The highest BCUT2D eigenvalue weighted by Gasteiger charge is 2.30. The van der Waals surface area contributed by atoms with Crippen LogP contribution in [0.15, 0.2) is 4.99 Å². The van der Waals surface area contributed by atoms with E-state index >= 15 is 0 Å². The predicted molar refractivity (Wildman–Crippen MR) is 110 cm³/mol. The molecular formula is C18H33IN4O2. The molecule has 0 aromatic rings. The van der Waals surface area contributed by atoms with Gasteiger partial charge in [0.1, 0.15) is 0 Å². The second kappa shape index (κ2) is 10.5. The summed E-state index contributed by atoms with van der Waals surface area (Å²) in [5.41, 5.74) is 0. The topological polar surface area (TPSA) is 57.2 Å². The second-order valence-electron chi connectivity index (χ2n) is 7.17. The number of amides is 1. The summed E-state index contributed by atoms with van der Waals surface area (Å²) in [6.45, 7) is 8.67. The number of nitrogens with one attached hydrogen (secondary N) is 1. The molecule has 7 heteroatoms. The van der Waals surface area contributed by atoms with Gasteiger partial charge in [0.25, 0.3) is 0 Å². The monoisotopic (exact) mass is 464 g/mol. The molecule has 1 aliphatic carbocycles. The maximum absolute atomic E-state index is 12.6. The van der Waals surface area contributed by atoms with Crippen molar-refractivity contribution < 1.29 is 9.53 Å². The van der Waals surface area contributed by atoms with Gasteiger partial charge in [0.15, 0.2) is 5.96 Å². The van der Waals surface area contributed by atoms with Crippen LogP contribution in [0.2, 0.25) is 0 Å². The third-order valence-electron chi connectivity index (χ3n) is 5.30. The Kier molecular flexibility index (Phi) is 8.75. The summed E-state index contributed by atoms with van der Waals surface area (Å²) < 4.78 is 5.35. The van der Waals surface area contributed by atoms with Crippen LogP contribution in [0.4, 0.5) is 0 Å². The molecule has 2 aliphatic heterocycles. The van der Waals surface area contributed by atoms with Crippen LogP contribution in [-0.4, -0.2) is 74.1 Å². The highest BCUT2D eigenvalue weighted by atomic mass is 127. The number of halogens is 1. The van der Waals surface area contributed by atoms with Gasteiger partial charge in [-0.3, -0.25) is 9.79 Å². The Labute approximate surface area is 168 Å². The minimum absolute atomic E-state index is 0. The van der Waals surface area contributed by atoms with E-state index in [0.29, 0.717) is 19.1 Å². The van der Waals surface area contributed by atoms with Crippen molar-refractivity contribution in [1.29, 1.82) is 0 Å². The molecule has 0 bridgehead atoms. The molecule has 2 saturated heterocycles. The Balaban J connectivity index is 0.00000225. The van der Waals surface area contributed by atoms with E-state index in [4.69, 9.17) is 9.73 Å². The first kappa shape index (κ1) is 20.7. The Morgan fingerprint density at radius 3 is 2.36 bits per heavy atom. The van der Waals surface area contributed by atoms with E-state index in [-0.39, 0.29) is 29.9 Å². The fraction of sp³-hybridized carbons (Fsp3) is 0.889. The van der Waals surface area contributed by atoms with Gasteiger partial charge in [-0.1, -0.05) is 12.8 Å². The zero-order chi connectivity index (χ0) is 16.8. The molecule has 3 fully saturated rings. The quantitative estimate of drug-likeness (QED) is 0.384. The first-order chi connectivity index (χ1) is 11.8. The fourth-order valence-electron chi connectivity index (χ4n) is 3.57. The third-order valence-corrected chi connectivity index (χ3v) is 5.30. The number of morpholine rings is 1. The van der Waals surface area contributed by atoms with Crippen molar-refractivity contribution in [3.05, 3.63) is 0 Å². The number of carbonyl (C=O) groups is 1. The molecule has 1 amide bonds. The molecule has 0 spiro atoms. The molecule has 0 radical (unpaired) electrons. The van der Waals surface area contributed by atoms with Gasteiger partial charge in [-0.25, -0.2) is 0 Å². The maximum Gasteiger partial charge on any atom is 0.225 e. The number of carbonyl (C=O) groups excluding carboxylic acids is 1. The van der Waals surface area contributed by atoms with Crippen molar-refractivity contribution in [3.8, 4) is 0 Å². The Morgan fingerprint density at radius 2 is 1.76 bits per heavy atom. The SMILES string of the molecule is CCNC(=NCCC1CC1)N1CCC(C(=O)N2CCOCC2)CC1.I. The molecule has 0 aromatic heterocycles. The smallest absolute Gasteiger partial charge is 0.225 e. The first-order valence-electron chi connectivity index (χ1n) is 9.67. The second-order valence-corrected chi connectivity index (χ2v) is 7.17. The predicted octanol–water partition coefficient (Wildman–Crippen LogP) is 1.94. The molecule has 144 valence electrons. The van der Waals surface area contributed by atoms with Crippen LogP contribution in [0.1, 0.15) is 39.0 Å². The summed E-state index contributed by atoms with van der Waals surface area (Å²) in [6, 6.07) is 0. The van der Waals surface area contributed by atoms with Gasteiger partial charge >= 0.3 is 0 Å². The van der Waals surface area contributed by atoms with Crippen LogP contribution in [-0.2, 0) is 9.53 Å². The van der Waals surface area contributed by atoms with E-state index in [9.17, 15) is 4.79 Å². The summed E-state index contributed by atoms with van der Waals surface area (Å²) in [6.07, 6.45) is 5.87. The van der Waals surface area contributed by atoms with Gasteiger partial charge in [-0.15, -0.1) is 24.0 Å². The van der Waals surface area contributed by atoms with Crippen LogP contribution < -0.4 is 5.32 Å². The number of likely N-dealkylation sites (tertiary alicyclic amines) is 1. The maximum atomic E-state index is 12.6. The molecule has 1 saturated carbocycles. The van der Waals surface area contributed by atoms with Gasteiger partial charge in [0.05, 0.1) is 13.2 Å². The van der Waals surface area contributed by atoms with Gasteiger partial charge in [-0.05, 0) is 32.1 Å². The van der Waals surface area contributed by atoms with Crippen molar-refractivity contribution in [2.45, 2.75) is 39.0 Å². The molecule has 1 N–H and O–H groups in total. The lowest BCUT2D eigenvalue weighted by Crippen LogP contribution is -2.50. The van der Waals surface area contributed by atoms with E-state index in [1.165, 1.54) is 19.3 Å². The number of ether oxygens (including phenoxy) is 1. The third kappa shape index (κ3) is 6.27. The number of hydrogen-bond acceptors (Lipinski definition) is 3. The number of piperidine rings is 1. The van der Waals surface area contributed by atoms with Gasteiger partial charge < -0.3 is 19.9 Å². The average Bonchev–Trinajstić information content (AvgIpc) is 3.46. The standard InChI is InChI=1S/C18H32N4O2.HI/c1-2-19-18(20-8-5-15-3-4-15)22-9-6-16(7-10-22)17(23)21-11-13-24-14-12-21;/h15-16H,2-14H2,1H3,(H,19,20);1H. The Morgan fingerprint density at radius 1 is 1.08 bits per heavy atom. The van der Waals surface area contributed by atoms with Gasteiger partial charge in [0.2, 0.25) is 5.91 Å². The van der Waals surface area contributed by atoms with Crippen molar-refractivity contribution in [2.24, 2.45) is 16.8 Å². The first-order valence-corrected chi connectivity index (χ1v) is 9.67. The van der Waals surface area contributed by atoms with Crippen LogP contribution in [0.3, 0.4) is 0 Å². The number of hydrogen-bond donors (Lipinski definition) is 1. The van der Waals surface area contributed by atoms with Crippen molar-refractivity contribution in [3.63, 3.8) is 0 Å². The fourth-order valence-corrected chi connectivity index (χ4v) is 3.57. The molecule has 6 nitrogen and oxygen atoms in total. The molecule has 3 rings (SSSR count). The summed E-state index contributed by atoms with van der Waals surface area (Å²) in [7, 11) is 0. The Hall–Kier alpha value is -0.570. The summed E-state index contributed by atoms with van der Waals surface area (Å²) in [4.78, 5) is 21.7. The molecular weight excluding hydrogens is 431 g/mol. The normalized spacial score (nSPS) is 22.5. The molecule has 0 unspecified atom stereocenters. The molecule has 0 aromatic carbocycles. The van der Waals surface area contributed by atoms with E-state index in [1.807, 2.05) is 4.90 Å². The number of rotatable bonds is 5. The van der Waals surface area contributed by atoms with Crippen LogP contribution in [0.25, 0.3) is 0 Å². The number of aliphatic imine (C=N–C) groups is 1. The van der Waals surface area contributed by atoms with E-state index in [2.05, 4.69) is 17.1 Å². The molecule has 3 aliphatic rings. The van der Waals surface area contributed by atoms with Crippen molar-refractivity contribution >= 4 is 35.8 Å². The lowest BCUT2D eigenvalue weighted by Gasteiger charge is -2.36. The lowest BCUT2D eigenvalue weighted by atomic mass is 9.95. The summed E-state index contributed by atoms with van der Waals surface area (Å²) >= 11 is 0. The van der Waals surface area contributed by atoms with Crippen molar-refractivity contribution in [2.75, 3.05) is 52.5 Å². The zero-order valence-corrected chi connectivity index (χ0v) is 17.7. The largest absolute Gasteiger partial charge is 0.378 e. The van der Waals surface area contributed by atoms with E-state index < -0.39 is 0 Å². The summed E-state index contributed by atoms with van der Waals surface area (Å²) in [5.74, 6) is 2.46. The average molecular weight is 464 g/mol. The zero-order valence-electron chi connectivity index (χ0n) is 15.4. The van der Waals surface area contributed by atoms with E-state index in [0.717, 1.165) is 64.0 Å². The van der Waals surface area contributed by atoms with Crippen LogP contribution in [0.5, 0.6) is 0 Å². The van der Waals surface area contributed by atoms with Crippen LogP contribution >= 0.6 is 24.0 Å². The van der Waals surface area contributed by atoms with E-state index in [1.54, 1.807) is 0 Å². The lowest BCUT2D eigenvalue weighted by molar-refractivity contribution is -0.140. The Bertz CT molecular complexity index is 442. The van der Waals surface area contributed by atoms with Gasteiger partial charge in [0, 0.05) is 45.2 Å². The van der Waals surface area contributed by atoms with Crippen molar-refractivity contribution in [1.82, 2.24) is 15.1 Å².